The van der Waals surface area contributed by atoms with Gasteiger partial charge in [-0.25, -0.2) is 13.2 Å². The molecule has 0 atom stereocenters. The smallest absolute Gasteiger partial charge is 0.507 e. The molecule has 2 aromatic carbocycles. The lowest BCUT2D eigenvalue weighted by atomic mass is 10.1. The molecule has 0 heterocycles. The second kappa shape index (κ2) is 7.27. The van der Waals surface area contributed by atoms with E-state index in [9.17, 15) is 36.6 Å². The van der Waals surface area contributed by atoms with Crippen LogP contribution in [0.1, 0.15) is 15.9 Å². The van der Waals surface area contributed by atoms with E-state index >= 15 is 0 Å². The quantitative estimate of drug-likeness (QED) is 0.611. The highest BCUT2D eigenvalue weighted by atomic mass is 79.9. The van der Waals surface area contributed by atoms with E-state index < -0.39 is 61.2 Å². The number of ether oxygens (including phenoxy) is 1. The molecule has 0 spiro atoms. The monoisotopic (exact) mass is 470 g/mol. The molecule has 0 aliphatic heterocycles. The number of carboxylic acids is 1. The number of alkyl halides is 3. The number of phenolic OH excluding ortho intramolecular Hbond substituents is 1. The molecule has 2 aromatic rings. The second-order valence-electron chi connectivity index (χ2n) is 5.20. The minimum absolute atomic E-state index is 0.295. The minimum atomic E-state index is -5.16. The molecule has 12 heteroatoms. The van der Waals surface area contributed by atoms with Crippen molar-refractivity contribution in [3.8, 4) is 17.2 Å². The normalized spacial score (nSPS) is 12.0. The summed E-state index contributed by atoms with van der Waals surface area (Å²) in [7, 11) is -4.36. The summed E-state index contributed by atoms with van der Waals surface area (Å²) in [6.45, 7) is 0. The fraction of sp³-hybridized carbons (Fsp3) is 0.133. The Kier molecular flexibility index (Phi) is 5.61. The standard InChI is InChI=1S/C15H10BrF3O7S/c16-8-1-2-11(20)12(4-8)27(24,25)6-7-3-9(26-15(17,18)19)5-10(13(7)21)14(22)23/h1-5,20-21H,6H2,(H,22,23). The number of phenols is 2. The molecule has 0 bridgehead atoms. The lowest BCUT2D eigenvalue weighted by molar-refractivity contribution is -0.274. The van der Waals surface area contributed by atoms with Crippen LogP contribution in [0.5, 0.6) is 17.2 Å². The molecule has 2 rings (SSSR count). The van der Waals surface area contributed by atoms with E-state index in [1.165, 1.54) is 6.07 Å². The Morgan fingerprint density at radius 3 is 2.33 bits per heavy atom. The molecule has 0 amide bonds. The zero-order chi connectivity index (χ0) is 20.6. The minimum Gasteiger partial charge on any atom is -0.507 e. The molecule has 0 radical (unpaired) electrons. The fourth-order valence-corrected chi connectivity index (χ4v) is 4.14. The third kappa shape index (κ3) is 5.04. The number of carbonyl (C=O) groups is 1. The van der Waals surface area contributed by atoms with Crippen LogP contribution in [0, 0.1) is 0 Å². The molecule has 0 saturated carbocycles. The van der Waals surface area contributed by atoms with E-state index in [0.29, 0.717) is 16.6 Å². The average Bonchev–Trinajstić information content (AvgIpc) is 2.50. The van der Waals surface area contributed by atoms with Crippen LogP contribution in [-0.2, 0) is 15.6 Å². The van der Waals surface area contributed by atoms with Gasteiger partial charge in [-0.3, -0.25) is 0 Å². The van der Waals surface area contributed by atoms with E-state index in [1.54, 1.807) is 0 Å². The van der Waals surface area contributed by atoms with Gasteiger partial charge in [-0.15, -0.1) is 13.2 Å². The average molecular weight is 471 g/mol. The number of benzene rings is 2. The first-order valence-electron chi connectivity index (χ1n) is 6.86. The van der Waals surface area contributed by atoms with Gasteiger partial charge >= 0.3 is 12.3 Å². The third-order valence-electron chi connectivity index (χ3n) is 3.23. The summed E-state index contributed by atoms with van der Waals surface area (Å²) in [5.74, 6) is -5.54. The van der Waals surface area contributed by atoms with E-state index in [2.05, 4.69) is 20.7 Å². The molecule has 0 aliphatic carbocycles. The maximum Gasteiger partial charge on any atom is 0.573 e. The van der Waals surface area contributed by atoms with Gasteiger partial charge in [0.1, 0.15) is 27.7 Å². The molecule has 146 valence electrons. The SMILES string of the molecule is O=C(O)c1cc(OC(F)(F)F)cc(CS(=O)(=O)c2cc(Br)ccc2O)c1O. The molecular weight excluding hydrogens is 461 g/mol. The van der Waals surface area contributed by atoms with Gasteiger partial charge in [-0.2, -0.15) is 0 Å². The summed E-state index contributed by atoms with van der Waals surface area (Å²) in [6.07, 6.45) is -5.16. The summed E-state index contributed by atoms with van der Waals surface area (Å²) < 4.78 is 66.2. The summed E-state index contributed by atoms with van der Waals surface area (Å²) in [6, 6.07) is 4.45. The van der Waals surface area contributed by atoms with Gasteiger partial charge in [0, 0.05) is 10.0 Å². The number of halogens is 4. The van der Waals surface area contributed by atoms with Gasteiger partial charge in [0.15, 0.2) is 9.84 Å². The van der Waals surface area contributed by atoms with Gasteiger partial charge in [0.2, 0.25) is 0 Å². The lowest BCUT2D eigenvalue weighted by Crippen LogP contribution is -2.18. The van der Waals surface area contributed by atoms with Crippen LogP contribution in [-0.4, -0.2) is 36.1 Å². The van der Waals surface area contributed by atoms with Crippen LogP contribution in [0.2, 0.25) is 0 Å². The zero-order valence-corrected chi connectivity index (χ0v) is 15.4. The van der Waals surface area contributed by atoms with Crippen molar-refractivity contribution >= 4 is 31.7 Å². The van der Waals surface area contributed by atoms with Crippen LogP contribution < -0.4 is 4.74 Å². The van der Waals surface area contributed by atoms with Crippen molar-refractivity contribution in [2.45, 2.75) is 17.0 Å². The van der Waals surface area contributed by atoms with Gasteiger partial charge in [-0.05, 0) is 30.3 Å². The van der Waals surface area contributed by atoms with Gasteiger partial charge in [0.05, 0.1) is 5.75 Å². The maximum absolute atomic E-state index is 12.5. The molecule has 0 unspecified atom stereocenters. The van der Waals surface area contributed by atoms with Crippen molar-refractivity contribution < 1.29 is 46.4 Å². The second-order valence-corrected chi connectivity index (χ2v) is 8.08. The van der Waals surface area contributed by atoms with E-state index in [4.69, 9.17) is 5.11 Å². The zero-order valence-electron chi connectivity index (χ0n) is 13.0. The van der Waals surface area contributed by atoms with Crippen molar-refractivity contribution in [3.05, 3.63) is 45.9 Å². The van der Waals surface area contributed by atoms with E-state index in [0.717, 1.165) is 12.1 Å². The Labute approximate surface area is 158 Å². The van der Waals surface area contributed by atoms with E-state index in [1.807, 2.05) is 0 Å². The summed E-state index contributed by atoms with van der Waals surface area (Å²) in [5, 5.41) is 28.7. The number of aromatic hydroxyl groups is 2. The Bertz CT molecular complexity index is 1000. The Morgan fingerprint density at radius 1 is 1.15 bits per heavy atom. The molecule has 0 fully saturated rings. The molecule has 0 aliphatic rings. The molecule has 0 aromatic heterocycles. The van der Waals surface area contributed by atoms with Gasteiger partial charge in [-0.1, -0.05) is 15.9 Å². The third-order valence-corrected chi connectivity index (χ3v) is 5.41. The first kappa shape index (κ1) is 20.8. The largest absolute Gasteiger partial charge is 0.573 e. The highest BCUT2D eigenvalue weighted by molar-refractivity contribution is 9.10. The summed E-state index contributed by atoms with van der Waals surface area (Å²) >= 11 is 3.02. The molecule has 27 heavy (non-hydrogen) atoms. The number of hydrogen-bond donors (Lipinski definition) is 3. The summed E-state index contributed by atoms with van der Waals surface area (Å²) in [5.41, 5.74) is -1.62. The Balaban J connectivity index is 2.57. The molecule has 7 nitrogen and oxygen atoms in total. The highest BCUT2D eigenvalue weighted by Gasteiger charge is 2.33. The Morgan fingerprint density at radius 2 is 1.78 bits per heavy atom. The van der Waals surface area contributed by atoms with Crippen LogP contribution >= 0.6 is 15.9 Å². The predicted molar refractivity (Wildman–Crippen MR) is 88.4 cm³/mol. The van der Waals surface area contributed by atoms with E-state index in [-0.39, 0.29) is 0 Å². The van der Waals surface area contributed by atoms with Crippen LogP contribution in [0.3, 0.4) is 0 Å². The number of sulfone groups is 1. The summed E-state index contributed by atoms with van der Waals surface area (Å²) in [4.78, 5) is 10.6. The topological polar surface area (TPSA) is 121 Å². The lowest BCUT2D eigenvalue weighted by Gasteiger charge is -2.14. The van der Waals surface area contributed by atoms with Crippen LogP contribution in [0.4, 0.5) is 13.2 Å². The van der Waals surface area contributed by atoms with Crippen molar-refractivity contribution in [1.82, 2.24) is 0 Å². The predicted octanol–water partition coefficient (Wildman–Crippen LogP) is 3.43. The van der Waals surface area contributed by atoms with Crippen molar-refractivity contribution in [1.29, 1.82) is 0 Å². The number of hydrogen-bond acceptors (Lipinski definition) is 6. The first-order valence-corrected chi connectivity index (χ1v) is 9.31. The van der Waals surface area contributed by atoms with Crippen LogP contribution in [0.15, 0.2) is 39.7 Å². The van der Waals surface area contributed by atoms with Crippen molar-refractivity contribution in [2.24, 2.45) is 0 Å². The number of carboxylic acid groups (broad SMARTS) is 1. The molecule has 3 N–H and O–H groups in total. The number of aromatic carboxylic acids is 1. The molecule has 0 saturated heterocycles. The number of rotatable bonds is 5. The maximum atomic E-state index is 12.5. The van der Waals surface area contributed by atoms with Crippen molar-refractivity contribution in [2.75, 3.05) is 0 Å². The van der Waals surface area contributed by atoms with Gasteiger partial charge < -0.3 is 20.1 Å². The van der Waals surface area contributed by atoms with Crippen LogP contribution in [0.25, 0.3) is 0 Å². The first-order chi connectivity index (χ1) is 12.3. The molecular formula is C15H10BrF3O7S. The highest BCUT2D eigenvalue weighted by Crippen LogP contribution is 2.35. The van der Waals surface area contributed by atoms with Crippen molar-refractivity contribution in [3.63, 3.8) is 0 Å². The Hall–Kier alpha value is -2.47. The fourth-order valence-electron chi connectivity index (χ4n) is 2.15. The van der Waals surface area contributed by atoms with Gasteiger partial charge in [0.25, 0.3) is 0 Å².